The highest BCUT2D eigenvalue weighted by Crippen LogP contribution is 2.17. The van der Waals surface area contributed by atoms with Crippen LogP contribution < -0.4 is 5.32 Å². The van der Waals surface area contributed by atoms with Gasteiger partial charge in [0, 0.05) is 26.7 Å². The standard InChI is InChI=1S/C20H33FN4/c1-4-11-25-12-9-17(10-13-25)15-23-20(22-5-2)24(3)16-18-7-6-8-19(21)14-18/h6-8,14,17H,4-5,9-13,15-16H2,1-3H3,(H,22,23). The molecule has 25 heavy (non-hydrogen) atoms. The Bertz CT molecular complexity index is 538. The lowest BCUT2D eigenvalue weighted by Gasteiger charge is -2.31. The average molecular weight is 349 g/mol. The highest BCUT2D eigenvalue weighted by atomic mass is 19.1. The summed E-state index contributed by atoms with van der Waals surface area (Å²) in [5.41, 5.74) is 0.959. The molecule has 1 fully saturated rings. The van der Waals surface area contributed by atoms with Crippen LogP contribution >= 0.6 is 0 Å². The normalized spacial score (nSPS) is 16.9. The zero-order chi connectivity index (χ0) is 18.1. The van der Waals surface area contributed by atoms with E-state index in [0.29, 0.717) is 12.5 Å². The fourth-order valence-corrected chi connectivity index (χ4v) is 3.38. The van der Waals surface area contributed by atoms with Crippen molar-refractivity contribution >= 4 is 5.96 Å². The number of hydrogen-bond donors (Lipinski definition) is 1. The maximum atomic E-state index is 13.4. The van der Waals surface area contributed by atoms with Crippen LogP contribution in [0.4, 0.5) is 4.39 Å². The second-order valence-corrected chi connectivity index (χ2v) is 6.97. The predicted molar refractivity (Wildman–Crippen MR) is 103 cm³/mol. The van der Waals surface area contributed by atoms with E-state index in [9.17, 15) is 4.39 Å². The number of rotatable bonds is 7. The minimum absolute atomic E-state index is 0.188. The Morgan fingerprint density at radius 1 is 1.32 bits per heavy atom. The molecule has 4 nitrogen and oxygen atoms in total. The molecule has 1 aromatic carbocycles. The van der Waals surface area contributed by atoms with E-state index < -0.39 is 0 Å². The minimum Gasteiger partial charge on any atom is -0.357 e. The van der Waals surface area contributed by atoms with Gasteiger partial charge in [0.1, 0.15) is 5.82 Å². The number of benzene rings is 1. The monoisotopic (exact) mass is 348 g/mol. The Labute approximate surface area is 152 Å². The molecule has 0 spiro atoms. The molecule has 5 heteroatoms. The number of nitrogens with zero attached hydrogens (tertiary/aromatic N) is 3. The van der Waals surface area contributed by atoms with E-state index in [1.807, 2.05) is 13.1 Å². The molecule has 0 bridgehead atoms. The van der Waals surface area contributed by atoms with Gasteiger partial charge in [-0.25, -0.2) is 4.39 Å². The van der Waals surface area contributed by atoms with E-state index in [-0.39, 0.29) is 5.82 Å². The van der Waals surface area contributed by atoms with Gasteiger partial charge in [-0.3, -0.25) is 4.99 Å². The summed E-state index contributed by atoms with van der Waals surface area (Å²) in [6.07, 6.45) is 3.70. The first-order valence-electron chi connectivity index (χ1n) is 9.58. The summed E-state index contributed by atoms with van der Waals surface area (Å²) < 4.78 is 13.4. The molecule has 0 aromatic heterocycles. The van der Waals surface area contributed by atoms with Crippen LogP contribution in [-0.4, -0.2) is 55.5 Å². The number of likely N-dealkylation sites (tertiary alicyclic amines) is 1. The van der Waals surface area contributed by atoms with Crippen LogP contribution in [-0.2, 0) is 6.54 Å². The summed E-state index contributed by atoms with van der Waals surface area (Å²) in [6, 6.07) is 6.77. The maximum absolute atomic E-state index is 13.4. The van der Waals surface area contributed by atoms with Crippen molar-refractivity contribution in [3.8, 4) is 0 Å². The molecule has 0 unspecified atom stereocenters. The van der Waals surface area contributed by atoms with Crippen LogP contribution in [0.2, 0.25) is 0 Å². The molecule has 140 valence electrons. The molecular weight excluding hydrogens is 315 g/mol. The molecule has 1 aliphatic rings. The fourth-order valence-electron chi connectivity index (χ4n) is 3.38. The SMILES string of the molecule is CCCN1CCC(CN=C(NCC)N(C)Cc2cccc(F)c2)CC1. The first-order valence-corrected chi connectivity index (χ1v) is 9.58. The third kappa shape index (κ3) is 6.65. The largest absolute Gasteiger partial charge is 0.357 e. The van der Waals surface area contributed by atoms with Gasteiger partial charge in [0.2, 0.25) is 0 Å². The Morgan fingerprint density at radius 3 is 2.72 bits per heavy atom. The third-order valence-electron chi connectivity index (χ3n) is 4.75. The van der Waals surface area contributed by atoms with Gasteiger partial charge in [0.15, 0.2) is 5.96 Å². The summed E-state index contributed by atoms with van der Waals surface area (Å²) in [6.45, 7) is 10.3. The van der Waals surface area contributed by atoms with Gasteiger partial charge in [-0.1, -0.05) is 19.1 Å². The molecule has 1 saturated heterocycles. The average Bonchev–Trinajstić information content (AvgIpc) is 2.60. The maximum Gasteiger partial charge on any atom is 0.193 e. The van der Waals surface area contributed by atoms with Gasteiger partial charge in [-0.15, -0.1) is 0 Å². The highest BCUT2D eigenvalue weighted by Gasteiger charge is 2.18. The number of aliphatic imine (C=N–C) groups is 1. The molecule has 1 aliphatic heterocycles. The third-order valence-corrected chi connectivity index (χ3v) is 4.75. The van der Waals surface area contributed by atoms with Crippen molar-refractivity contribution in [3.05, 3.63) is 35.6 Å². The van der Waals surface area contributed by atoms with Crippen molar-refractivity contribution < 1.29 is 4.39 Å². The number of nitrogens with one attached hydrogen (secondary N) is 1. The van der Waals surface area contributed by atoms with Gasteiger partial charge >= 0.3 is 0 Å². The zero-order valence-corrected chi connectivity index (χ0v) is 16.0. The molecule has 0 amide bonds. The van der Waals surface area contributed by atoms with Crippen LogP contribution in [0.5, 0.6) is 0 Å². The van der Waals surface area contributed by atoms with Gasteiger partial charge in [-0.05, 0) is 69.4 Å². The second-order valence-electron chi connectivity index (χ2n) is 6.97. The molecule has 1 aromatic rings. The van der Waals surface area contributed by atoms with Crippen LogP contribution in [0.25, 0.3) is 0 Å². The number of guanidine groups is 1. The molecule has 2 rings (SSSR count). The molecule has 0 radical (unpaired) electrons. The first kappa shape index (κ1) is 19.7. The fraction of sp³-hybridized carbons (Fsp3) is 0.650. The van der Waals surface area contributed by atoms with Crippen LogP contribution in [0, 0.1) is 11.7 Å². The lowest BCUT2D eigenvalue weighted by molar-refractivity contribution is 0.188. The van der Waals surface area contributed by atoms with Gasteiger partial charge in [0.25, 0.3) is 0 Å². The van der Waals surface area contributed by atoms with E-state index in [0.717, 1.165) is 24.6 Å². The van der Waals surface area contributed by atoms with E-state index in [1.54, 1.807) is 12.1 Å². The number of halogens is 1. The molecule has 1 heterocycles. The summed E-state index contributed by atoms with van der Waals surface area (Å²) in [5, 5.41) is 3.36. The van der Waals surface area contributed by atoms with Gasteiger partial charge < -0.3 is 15.1 Å². The quantitative estimate of drug-likeness (QED) is 0.606. The van der Waals surface area contributed by atoms with Crippen molar-refractivity contribution in [2.75, 3.05) is 39.8 Å². The smallest absolute Gasteiger partial charge is 0.193 e. The predicted octanol–water partition coefficient (Wildman–Crippen LogP) is 3.35. The Morgan fingerprint density at radius 2 is 2.08 bits per heavy atom. The zero-order valence-electron chi connectivity index (χ0n) is 16.0. The lowest BCUT2D eigenvalue weighted by atomic mass is 9.97. The van der Waals surface area contributed by atoms with E-state index in [4.69, 9.17) is 4.99 Å². The lowest BCUT2D eigenvalue weighted by Crippen LogP contribution is -2.39. The minimum atomic E-state index is -0.188. The van der Waals surface area contributed by atoms with Crippen LogP contribution in [0.1, 0.15) is 38.7 Å². The van der Waals surface area contributed by atoms with Crippen molar-refractivity contribution in [3.63, 3.8) is 0 Å². The Kier molecular flexibility index (Phi) is 8.19. The molecule has 1 N–H and O–H groups in total. The topological polar surface area (TPSA) is 30.9 Å². The highest BCUT2D eigenvalue weighted by molar-refractivity contribution is 5.79. The van der Waals surface area contributed by atoms with E-state index in [1.165, 1.54) is 45.0 Å². The molecule has 0 atom stereocenters. The molecule has 0 aliphatic carbocycles. The first-order chi connectivity index (χ1) is 12.1. The van der Waals surface area contributed by atoms with E-state index in [2.05, 4.69) is 29.0 Å². The van der Waals surface area contributed by atoms with Crippen molar-refractivity contribution in [2.45, 2.75) is 39.7 Å². The van der Waals surface area contributed by atoms with Crippen LogP contribution in [0.15, 0.2) is 29.3 Å². The van der Waals surface area contributed by atoms with Crippen molar-refractivity contribution in [1.82, 2.24) is 15.1 Å². The molecule has 0 saturated carbocycles. The van der Waals surface area contributed by atoms with E-state index >= 15 is 0 Å². The number of piperidine rings is 1. The Balaban J connectivity index is 1.89. The summed E-state index contributed by atoms with van der Waals surface area (Å²) in [5.74, 6) is 1.39. The molecular formula is C20H33FN4. The van der Waals surface area contributed by atoms with Crippen molar-refractivity contribution in [2.24, 2.45) is 10.9 Å². The second kappa shape index (κ2) is 10.4. The van der Waals surface area contributed by atoms with Gasteiger partial charge in [-0.2, -0.15) is 0 Å². The summed E-state index contributed by atoms with van der Waals surface area (Å²) in [7, 11) is 2.01. The van der Waals surface area contributed by atoms with Crippen LogP contribution in [0.3, 0.4) is 0 Å². The summed E-state index contributed by atoms with van der Waals surface area (Å²) in [4.78, 5) is 9.48. The number of hydrogen-bond acceptors (Lipinski definition) is 2. The van der Waals surface area contributed by atoms with Crippen molar-refractivity contribution in [1.29, 1.82) is 0 Å². The summed E-state index contributed by atoms with van der Waals surface area (Å²) >= 11 is 0. The Hall–Kier alpha value is -1.62. The van der Waals surface area contributed by atoms with Gasteiger partial charge in [0.05, 0.1) is 0 Å².